The maximum Gasteiger partial charge on any atom is 0.163 e. The molecule has 0 aliphatic carbocycles. The zero-order chi connectivity index (χ0) is 19.4. The molecule has 0 atom stereocenters. The van der Waals surface area contributed by atoms with Crippen LogP contribution in [0.3, 0.4) is 0 Å². The van der Waals surface area contributed by atoms with Crippen LogP contribution < -0.4 is 14.8 Å². The van der Waals surface area contributed by atoms with Crippen molar-refractivity contribution in [2.75, 3.05) is 32.8 Å². The first-order valence-electron chi connectivity index (χ1n) is 8.24. The minimum atomic E-state index is -0.497. The molecule has 27 heavy (non-hydrogen) atoms. The summed E-state index contributed by atoms with van der Waals surface area (Å²) < 4.78 is 30.3. The number of aromatic nitrogens is 2. The van der Waals surface area contributed by atoms with Gasteiger partial charge in [0.25, 0.3) is 0 Å². The molecule has 142 valence electrons. The number of nitrogens with zero attached hydrogens (tertiary/aromatic N) is 2. The number of ether oxygens (including phenoxy) is 3. The van der Waals surface area contributed by atoms with Gasteiger partial charge in [0.15, 0.2) is 11.5 Å². The number of anilines is 2. The smallest absolute Gasteiger partial charge is 0.163 e. The van der Waals surface area contributed by atoms with Crippen molar-refractivity contribution >= 4 is 22.4 Å². The number of methoxy groups -OCH3 is 2. The average molecular weight is 373 g/mol. The standard InChI is InChI=1S/C19H20FN3O4/c1-11-15(24)5-4-13(20)18(11)23-19-12-8-16(26-3)17(27-7-6-25-2)9-14(12)21-10-22-19/h4-5,8-10,24H,6-7H2,1-3H3,(H,21,22,23). The highest BCUT2D eigenvalue weighted by molar-refractivity contribution is 5.93. The van der Waals surface area contributed by atoms with Gasteiger partial charge in [0.1, 0.15) is 30.3 Å². The predicted molar refractivity (Wildman–Crippen MR) is 99.5 cm³/mol. The second-order valence-electron chi connectivity index (χ2n) is 5.78. The molecule has 1 heterocycles. The van der Waals surface area contributed by atoms with Crippen molar-refractivity contribution in [1.29, 1.82) is 0 Å². The van der Waals surface area contributed by atoms with Gasteiger partial charge in [-0.3, -0.25) is 0 Å². The van der Waals surface area contributed by atoms with Crippen LogP contribution in [0.4, 0.5) is 15.9 Å². The molecule has 0 fully saturated rings. The Morgan fingerprint density at radius 1 is 1.11 bits per heavy atom. The number of fused-ring (bicyclic) bond motifs is 1. The van der Waals surface area contributed by atoms with Gasteiger partial charge < -0.3 is 24.6 Å². The van der Waals surface area contributed by atoms with Crippen LogP contribution in [-0.4, -0.2) is 42.5 Å². The van der Waals surface area contributed by atoms with Gasteiger partial charge in [0.05, 0.1) is 24.9 Å². The molecule has 0 radical (unpaired) electrons. The van der Waals surface area contributed by atoms with Gasteiger partial charge in [-0.15, -0.1) is 0 Å². The molecule has 0 aliphatic rings. The van der Waals surface area contributed by atoms with E-state index >= 15 is 0 Å². The van der Waals surface area contributed by atoms with Crippen LogP contribution in [-0.2, 0) is 4.74 Å². The van der Waals surface area contributed by atoms with Crippen LogP contribution in [0.15, 0.2) is 30.6 Å². The Labute approximate surface area is 155 Å². The maximum atomic E-state index is 14.2. The van der Waals surface area contributed by atoms with E-state index in [4.69, 9.17) is 14.2 Å². The van der Waals surface area contributed by atoms with Gasteiger partial charge in [-0.05, 0) is 25.1 Å². The molecule has 0 spiro atoms. The molecule has 0 unspecified atom stereocenters. The third kappa shape index (κ3) is 3.85. The molecule has 2 N–H and O–H groups in total. The topological polar surface area (TPSA) is 85.7 Å². The van der Waals surface area contributed by atoms with Gasteiger partial charge >= 0.3 is 0 Å². The van der Waals surface area contributed by atoms with E-state index in [2.05, 4.69) is 15.3 Å². The molecule has 0 saturated heterocycles. The van der Waals surface area contributed by atoms with E-state index in [1.54, 1.807) is 26.2 Å². The Morgan fingerprint density at radius 2 is 1.93 bits per heavy atom. The van der Waals surface area contributed by atoms with Gasteiger partial charge in [-0.1, -0.05) is 0 Å². The van der Waals surface area contributed by atoms with E-state index < -0.39 is 5.82 Å². The summed E-state index contributed by atoms with van der Waals surface area (Å²) in [6.45, 7) is 2.42. The van der Waals surface area contributed by atoms with Crippen LogP contribution >= 0.6 is 0 Å². The van der Waals surface area contributed by atoms with Gasteiger partial charge in [-0.25, -0.2) is 14.4 Å². The number of benzene rings is 2. The summed E-state index contributed by atoms with van der Waals surface area (Å²) in [7, 11) is 3.12. The normalized spacial score (nSPS) is 10.8. The molecule has 1 aromatic heterocycles. The average Bonchev–Trinajstić information content (AvgIpc) is 2.68. The Morgan fingerprint density at radius 3 is 2.67 bits per heavy atom. The lowest BCUT2D eigenvalue weighted by Crippen LogP contribution is -2.06. The molecule has 8 heteroatoms. The molecule has 7 nitrogen and oxygen atoms in total. The quantitative estimate of drug-likeness (QED) is 0.613. The highest BCUT2D eigenvalue weighted by atomic mass is 19.1. The Balaban J connectivity index is 2.03. The maximum absolute atomic E-state index is 14.2. The monoisotopic (exact) mass is 373 g/mol. The van der Waals surface area contributed by atoms with E-state index in [-0.39, 0.29) is 11.4 Å². The molecular weight excluding hydrogens is 353 g/mol. The second kappa shape index (κ2) is 8.05. The van der Waals surface area contributed by atoms with Gasteiger partial charge in [-0.2, -0.15) is 0 Å². The second-order valence-corrected chi connectivity index (χ2v) is 5.78. The molecule has 3 rings (SSSR count). The SMILES string of the molecule is COCCOc1cc2ncnc(Nc3c(F)ccc(O)c3C)c2cc1OC. The molecule has 0 bridgehead atoms. The van der Waals surface area contributed by atoms with Crippen molar-refractivity contribution in [3.05, 3.63) is 42.0 Å². The summed E-state index contributed by atoms with van der Waals surface area (Å²) in [4.78, 5) is 8.46. The third-order valence-electron chi connectivity index (χ3n) is 4.09. The summed E-state index contributed by atoms with van der Waals surface area (Å²) in [5, 5.41) is 13.4. The number of phenolic OH excluding ortho intramolecular Hbond substituents is 1. The lowest BCUT2D eigenvalue weighted by Gasteiger charge is -2.15. The minimum Gasteiger partial charge on any atom is -0.508 e. The summed E-state index contributed by atoms with van der Waals surface area (Å²) in [5.74, 6) is 0.887. The summed E-state index contributed by atoms with van der Waals surface area (Å²) in [5.41, 5.74) is 1.13. The number of hydrogen-bond acceptors (Lipinski definition) is 7. The summed E-state index contributed by atoms with van der Waals surface area (Å²) in [6, 6.07) is 5.94. The third-order valence-corrected chi connectivity index (χ3v) is 4.09. The van der Waals surface area contributed by atoms with Crippen molar-refractivity contribution in [3.63, 3.8) is 0 Å². The largest absolute Gasteiger partial charge is 0.508 e. The summed E-state index contributed by atoms with van der Waals surface area (Å²) >= 11 is 0. The number of halogens is 1. The van der Waals surface area contributed by atoms with Crippen molar-refractivity contribution in [1.82, 2.24) is 9.97 Å². The van der Waals surface area contributed by atoms with Gasteiger partial charge in [0.2, 0.25) is 0 Å². The van der Waals surface area contributed by atoms with Crippen LogP contribution in [0.5, 0.6) is 17.2 Å². The molecular formula is C19H20FN3O4. The lowest BCUT2D eigenvalue weighted by atomic mass is 10.1. The van der Waals surface area contributed by atoms with Crippen LogP contribution in [0.2, 0.25) is 0 Å². The van der Waals surface area contributed by atoms with E-state index in [0.29, 0.717) is 47.0 Å². The fraction of sp³-hybridized carbons (Fsp3) is 0.263. The van der Waals surface area contributed by atoms with Crippen LogP contribution in [0.1, 0.15) is 5.56 Å². The number of phenols is 1. The van der Waals surface area contributed by atoms with Crippen molar-refractivity contribution < 1.29 is 23.7 Å². The first kappa shape index (κ1) is 18.7. The van der Waals surface area contributed by atoms with E-state index in [1.807, 2.05) is 0 Å². The van der Waals surface area contributed by atoms with Gasteiger partial charge in [0, 0.05) is 24.1 Å². The van der Waals surface area contributed by atoms with Crippen molar-refractivity contribution in [2.24, 2.45) is 0 Å². The Bertz CT molecular complexity index is 965. The Kier molecular flexibility index (Phi) is 5.56. The van der Waals surface area contributed by atoms with E-state index in [0.717, 1.165) is 0 Å². The van der Waals surface area contributed by atoms with Crippen molar-refractivity contribution in [3.8, 4) is 17.2 Å². The molecule has 2 aromatic carbocycles. The van der Waals surface area contributed by atoms with E-state index in [1.165, 1.54) is 25.6 Å². The molecule has 0 saturated carbocycles. The van der Waals surface area contributed by atoms with Crippen molar-refractivity contribution in [2.45, 2.75) is 6.92 Å². The number of hydrogen-bond donors (Lipinski definition) is 2. The fourth-order valence-electron chi connectivity index (χ4n) is 2.61. The van der Waals surface area contributed by atoms with Crippen LogP contribution in [0.25, 0.3) is 10.9 Å². The first-order valence-corrected chi connectivity index (χ1v) is 8.24. The first-order chi connectivity index (χ1) is 13.0. The number of aromatic hydroxyl groups is 1. The predicted octanol–water partition coefficient (Wildman–Crippen LogP) is 3.56. The molecule has 0 amide bonds. The summed E-state index contributed by atoms with van der Waals surface area (Å²) in [6.07, 6.45) is 1.37. The van der Waals surface area contributed by atoms with E-state index in [9.17, 15) is 9.50 Å². The number of rotatable bonds is 7. The highest BCUT2D eigenvalue weighted by Gasteiger charge is 2.15. The number of nitrogens with one attached hydrogen (secondary N) is 1. The minimum absolute atomic E-state index is 0.0105. The molecule has 0 aliphatic heterocycles. The highest BCUT2D eigenvalue weighted by Crippen LogP contribution is 2.36. The zero-order valence-corrected chi connectivity index (χ0v) is 15.2. The molecule has 3 aromatic rings. The zero-order valence-electron chi connectivity index (χ0n) is 15.2. The Hall–Kier alpha value is -3.13. The fourth-order valence-corrected chi connectivity index (χ4v) is 2.61. The van der Waals surface area contributed by atoms with Crippen LogP contribution in [0, 0.1) is 12.7 Å². The lowest BCUT2D eigenvalue weighted by molar-refractivity contribution is 0.144.